The van der Waals surface area contributed by atoms with Gasteiger partial charge >= 0.3 is 5.97 Å². The molecule has 16 heavy (non-hydrogen) atoms. The Kier molecular flexibility index (Phi) is 4.32. The number of anilines is 2. The molecule has 1 rings (SSSR count). The number of rotatable bonds is 5. The molecule has 0 fully saturated rings. The molecule has 0 bridgehead atoms. The van der Waals surface area contributed by atoms with Gasteiger partial charge in [0.1, 0.15) is 0 Å². The van der Waals surface area contributed by atoms with Crippen LogP contribution in [-0.2, 0) is 9.59 Å². The first-order valence-corrected chi connectivity index (χ1v) is 4.95. The van der Waals surface area contributed by atoms with Gasteiger partial charge in [0.15, 0.2) is 0 Å². The van der Waals surface area contributed by atoms with E-state index in [9.17, 15) is 9.59 Å². The smallest absolute Gasteiger partial charge is 0.303 e. The maximum absolute atomic E-state index is 11.4. The molecule has 4 N–H and O–H groups in total. The molecule has 0 aliphatic heterocycles. The van der Waals surface area contributed by atoms with Crippen LogP contribution in [0.25, 0.3) is 0 Å². The summed E-state index contributed by atoms with van der Waals surface area (Å²) in [5.74, 6) is -1.12. The van der Waals surface area contributed by atoms with Crippen molar-refractivity contribution in [3.05, 3.63) is 24.3 Å². The molecule has 86 valence electrons. The van der Waals surface area contributed by atoms with Crippen LogP contribution in [0.5, 0.6) is 0 Å². The van der Waals surface area contributed by atoms with Crippen LogP contribution in [-0.4, -0.2) is 17.0 Å². The van der Waals surface area contributed by atoms with Gasteiger partial charge in [-0.15, -0.1) is 0 Å². The van der Waals surface area contributed by atoms with Gasteiger partial charge in [-0.1, -0.05) is 12.1 Å². The van der Waals surface area contributed by atoms with Crippen molar-refractivity contribution in [1.29, 1.82) is 0 Å². The van der Waals surface area contributed by atoms with Crippen molar-refractivity contribution < 1.29 is 14.7 Å². The van der Waals surface area contributed by atoms with Crippen LogP contribution in [0.2, 0.25) is 0 Å². The summed E-state index contributed by atoms with van der Waals surface area (Å²) in [6, 6.07) is 6.93. The van der Waals surface area contributed by atoms with E-state index in [2.05, 4.69) is 5.32 Å². The van der Waals surface area contributed by atoms with Crippen molar-refractivity contribution in [1.82, 2.24) is 0 Å². The molecule has 5 nitrogen and oxygen atoms in total. The number of nitrogens with two attached hydrogens (primary N) is 1. The molecule has 1 aromatic rings. The topological polar surface area (TPSA) is 92.4 Å². The third-order valence-corrected chi connectivity index (χ3v) is 2.03. The Bertz CT molecular complexity index is 391. The summed E-state index contributed by atoms with van der Waals surface area (Å²) in [5, 5.41) is 11.0. The Hall–Kier alpha value is -2.04. The number of nitrogens with one attached hydrogen (secondary N) is 1. The highest BCUT2D eigenvalue weighted by Gasteiger charge is 2.05. The number of benzene rings is 1. The Morgan fingerprint density at radius 1 is 1.25 bits per heavy atom. The van der Waals surface area contributed by atoms with Gasteiger partial charge in [0.05, 0.1) is 11.4 Å². The molecule has 5 heteroatoms. The van der Waals surface area contributed by atoms with Crippen LogP contribution < -0.4 is 11.1 Å². The maximum Gasteiger partial charge on any atom is 0.303 e. The van der Waals surface area contributed by atoms with Crippen LogP contribution in [0.15, 0.2) is 24.3 Å². The molecule has 0 saturated carbocycles. The average molecular weight is 222 g/mol. The minimum Gasteiger partial charge on any atom is -0.481 e. The van der Waals surface area contributed by atoms with E-state index in [0.717, 1.165) is 0 Å². The second kappa shape index (κ2) is 5.75. The SMILES string of the molecule is Nc1ccccc1NC(=O)CCCC(=O)O. The third-order valence-electron chi connectivity index (χ3n) is 2.03. The highest BCUT2D eigenvalue weighted by Crippen LogP contribution is 2.16. The third kappa shape index (κ3) is 4.00. The van der Waals surface area contributed by atoms with Crippen molar-refractivity contribution in [2.45, 2.75) is 19.3 Å². The molecule has 0 radical (unpaired) electrons. The molecule has 0 aliphatic carbocycles. The zero-order valence-corrected chi connectivity index (χ0v) is 8.77. The lowest BCUT2D eigenvalue weighted by Crippen LogP contribution is -2.13. The van der Waals surface area contributed by atoms with Crippen LogP contribution in [0, 0.1) is 0 Å². The predicted octanol–water partition coefficient (Wildman–Crippen LogP) is 1.46. The first-order valence-electron chi connectivity index (χ1n) is 4.95. The van der Waals surface area contributed by atoms with Gasteiger partial charge in [0.25, 0.3) is 0 Å². The lowest BCUT2D eigenvalue weighted by Gasteiger charge is -2.06. The van der Waals surface area contributed by atoms with Crippen molar-refractivity contribution in [2.24, 2.45) is 0 Å². The predicted molar refractivity (Wildman–Crippen MR) is 61.0 cm³/mol. The van der Waals surface area contributed by atoms with Crippen LogP contribution in [0.1, 0.15) is 19.3 Å². The van der Waals surface area contributed by atoms with Gasteiger partial charge in [0, 0.05) is 12.8 Å². The minimum absolute atomic E-state index is 0.00229. The van der Waals surface area contributed by atoms with Crippen LogP contribution in [0.3, 0.4) is 0 Å². The summed E-state index contributed by atoms with van der Waals surface area (Å²) < 4.78 is 0. The molecule has 0 saturated heterocycles. The van der Waals surface area contributed by atoms with Crippen molar-refractivity contribution in [2.75, 3.05) is 11.1 Å². The summed E-state index contributed by atoms with van der Waals surface area (Å²) in [6.07, 6.45) is 0.506. The van der Waals surface area contributed by atoms with Crippen LogP contribution >= 0.6 is 0 Å². The Balaban J connectivity index is 2.40. The molecule has 0 heterocycles. The van der Waals surface area contributed by atoms with Gasteiger partial charge in [0.2, 0.25) is 5.91 Å². The van der Waals surface area contributed by atoms with E-state index in [4.69, 9.17) is 10.8 Å². The Morgan fingerprint density at radius 3 is 2.56 bits per heavy atom. The quantitative estimate of drug-likeness (QED) is 0.657. The van der Waals surface area contributed by atoms with Gasteiger partial charge in [-0.25, -0.2) is 0 Å². The van der Waals surface area contributed by atoms with Gasteiger partial charge in [-0.3, -0.25) is 9.59 Å². The first kappa shape index (κ1) is 12.0. The van der Waals surface area contributed by atoms with E-state index in [1.54, 1.807) is 24.3 Å². The van der Waals surface area contributed by atoms with Crippen molar-refractivity contribution in [3.8, 4) is 0 Å². The van der Waals surface area contributed by atoms with E-state index in [-0.39, 0.29) is 18.7 Å². The fourth-order valence-corrected chi connectivity index (χ4v) is 1.22. The monoisotopic (exact) mass is 222 g/mol. The summed E-state index contributed by atoms with van der Waals surface area (Å²) in [7, 11) is 0. The number of hydrogen-bond acceptors (Lipinski definition) is 3. The largest absolute Gasteiger partial charge is 0.481 e. The van der Waals surface area contributed by atoms with Crippen LogP contribution in [0.4, 0.5) is 11.4 Å². The second-order valence-corrected chi connectivity index (χ2v) is 3.38. The summed E-state index contributed by atoms with van der Waals surface area (Å²) in [4.78, 5) is 21.6. The number of carboxylic acids is 1. The number of aliphatic carboxylic acids is 1. The van der Waals surface area contributed by atoms with Gasteiger partial charge < -0.3 is 16.2 Å². The lowest BCUT2D eigenvalue weighted by atomic mass is 10.2. The number of carbonyl (C=O) groups is 2. The zero-order chi connectivity index (χ0) is 12.0. The maximum atomic E-state index is 11.4. The van der Waals surface area contributed by atoms with E-state index < -0.39 is 5.97 Å². The molecule has 0 aliphatic rings. The zero-order valence-electron chi connectivity index (χ0n) is 8.77. The van der Waals surface area contributed by atoms with E-state index in [1.807, 2.05) is 0 Å². The molecule has 0 spiro atoms. The first-order chi connectivity index (χ1) is 7.59. The molecule has 0 unspecified atom stereocenters. The molecule has 0 atom stereocenters. The normalized spacial score (nSPS) is 9.75. The summed E-state index contributed by atoms with van der Waals surface area (Å²) in [5.41, 5.74) is 6.69. The average Bonchev–Trinajstić information content (AvgIpc) is 2.21. The fraction of sp³-hybridized carbons (Fsp3) is 0.273. The minimum atomic E-state index is -0.896. The number of carboxylic acid groups (broad SMARTS) is 1. The molecular weight excluding hydrogens is 208 g/mol. The number of carbonyl (C=O) groups excluding carboxylic acids is 1. The Morgan fingerprint density at radius 2 is 1.94 bits per heavy atom. The van der Waals surface area contributed by atoms with Crippen molar-refractivity contribution in [3.63, 3.8) is 0 Å². The number of nitrogen functional groups attached to an aromatic ring is 1. The summed E-state index contributed by atoms with van der Waals surface area (Å²) in [6.45, 7) is 0. The number of amides is 1. The van der Waals surface area contributed by atoms with E-state index in [1.165, 1.54) is 0 Å². The highest BCUT2D eigenvalue weighted by molar-refractivity contribution is 5.93. The van der Waals surface area contributed by atoms with Gasteiger partial charge in [-0.2, -0.15) is 0 Å². The molecule has 0 aromatic heterocycles. The Labute approximate surface area is 93.3 Å². The summed E-state index contributed by atoms with van der Waals surface area (Å²) >= 11 is 0. The van der Waals surface area contributed by atoms with Gasteiger partial charge in [-0.05, 0) is 18.6 Å². The molecule has 1 amide bonds. The number of hydrogen-bond donors (Lipinski definition) is 3. The molecular formula is C11H14N2O3. The highest BCUT2D eigenvalue weighted by atomic mass is 16.4. The standard InChI is InChI=1S/C11H14N2O3/c12-8-4-1-2-5-9(8)13-10(14)6-3-7-11(15)16/h1-2,4-5H,3,6-7,12H2,(H,13,14)(H,15,16). The number of para-hydroxylation sites is 2. The molecule has 1 aromatic carbocycles. The fourth-order valence-electron chi connectivity index (χ4n) is 1.22. The second-order valence-electron chi connectivity index (χ2n) is 3.38. The van der Waals surface area contributed by atoms with E-state index in [0.29, 0.717) is 17.8 Å². The lowest BCUT2D eigenvalue weighted by molar-refractivity contribution is -0.137. The van der Waals surface area contributed by atoms with E-state index >= 15 is 0 Å². The van der Waals surface area contributed by atoms with Crippen molar-refractivity contribution >= 4 is 23.3 Å².